The monoisotopic (exact) mass is 415 g/mol. The zero-order chi connectivity index (χ0) is 19.1. The topological polar surface area (TPSA) is 121 Å². The van der Waals surface area contributed by atoms with E-state index in [4.69, 9.17) is 11.6 Å². The standard InChI is InChI=1S/C15H14ClN3O5S2/c1-17-25(21,22)11-4-2-10(3-5-11)19-26(23,24)14-6-9-7-15(20)18-13(9)8-12(14)16/h2-6,8,17,19H,7H2,1H3,(H,18,20). The fourth-order valence-electron chi connectivity index (χ4n) is 2.46. The van der Waals surface area contributed by atoms with Gasteiger partial charge in [-0.15, -0.1) is 0 Å². The summed E-state index contributed by atoms with van der Waals surface area (Å²) in [7, 11) is -6.36. The summed E-state index contributed by atoms with van der Waals surface area (Å²) in [6, 6.07) is 7.94. The zero-order valence-corrected chi connectivity index (χ0v) is 15.8. The van der Waals surface area contributed by atoms with Crippen molar-refractivity contribution in [1.82, 2.24) is 4.72 Å². The van der Waals surface area contributed by atoms with Gasteiger partial charge in [-0.2, -0.15) is 0 Å². The first-order valence-electron chi connectivity index (χ1n) is 7.31. The van der Waals surface area contributed by atoms with Gasteiger partial charge in [-0.3, -0.25) is 9.52 Å². The first kappa shape index (κ1) is 18.6. The van der Waals surface area contributed by atoms with Crippen molar-refractivity contribution in [2.24, 2.45) is 0 Å². The van der Waals surface area contributed by atoms with E-state index in [1.54, 1.807) is 0 Å². The number of carbonyl (C=O) groups excluding carboxylic acids is 1. The van der Waals surface area contributed by atoms with Crippen molar-refractivity contribution >= 4 is 48.9 Å². The van der Waals surface area contributed by atoms with Gasteiger partial charge in [0.05, 0.1) is 16.3 Å². The Morgan fingerprint density at radius 2 is 1.69 bits per heavy atom. The predicted molar refractivity (Wildman–Crippen MR) is 97.3 cm³/mol. The van der Waals surface area contributed by atoms with Gasteiger partial charge in [0.1, 0.15) is 4.90 Å². The number of benzene rings is 2. The van der Waals surface area contributed by atoms with Gasteiger partial charge >= 0.3 is 0 Å². The van der Waals surface area contributed by atoms with Crippen molar-refractivity contribution in [2.45, 2.75) is 16.2 Å². The molecule has 138 valence electrons. The van der Waals surface area contributed by atoms with E-state index in [0.717, 1.165) is 0 Å². The fraction of sp³-hybridized carbons (Fsp3) is 0.133. The van der Waals surface area contributed by atoms with E-state index in [0.29, 0.717) is 11.3 Å². The van der Waals surface area contributed by atoms with Crippen LogP contribution in [0.5, 0.6) is 0 Å². The molecule has 2 aromatic carbocycles. The van der Waals surface area contributed by atoms with Gasteiger partial charge in [-0.1, -0.05) is 11.6 Å². The average Bonchev–Trinajstić information content (AvgIpc) is 2.93. The van der Waals surface area contributed by atoms with Crippen LogP contribution in [-0.2, 0) is 31.3 Å². The molecule has 0 radical (unpaired) electrons. The summed E-state index contributed by atoms with van der Waals surface area (Å²) in [5.74, 6) is -0.236. The van der Waals surface area contributed by atoms with Crippen molar-refractivity contribution in [3.63, 3.8) is 0 Å². The van der Waals surface area contributed by atoms with Gasteiger partial charge in [-0.05, 0) is 49.0 Å². The average molecular weight is 416 g/mol. The van der Waals surface area contributed by atoms with E-state index in [1.807, 2.05) is 0 Å². The Morgan fingerprint density at radius 1 is 1.04 bits per heavy atom. The smallest absolute Gasteiger partial charge is 0.263 e. The van der Waals surface area contributed by atoms with Crippen molar-refractivity contribution in [3.8, 4) is 0 Å². The minimum Gasteiger partial charge on any atom is -0.325 e. The molecule has 1 amide bonds. The lowest BCUT2D eigenvalue weighted by Crippen LogP contribution is -2.18. The Hall–Kier alpha value is -2.14. The van der Waals surface area contributed by atoms with Crippen molar-refractivity contribution in [2.75, 3.05) is 17.1 Å². The normalized spacial score (nSPS) is 14.0. The molecule has 3 rings (SSSR count). The second-order valence-electron chi connectivity index (χ2n) is 5.50. The summed E-state index contributed by atoms with van der Waals surface area (Å²) in [4.78, 5) is 11.3. The number of hydrogen-bond acceptors (Lipinski definition) is 5. The summed E-state index contributed by atoms with van der Waals surface area (Å²) >= 11 is 6.05. The number of amides is 1. The van der Waals surface area contributed by atoms with Gasteiger partial charge in [0.2, 0.25) is 15.9 Å². The number of fused-ring (bicyclic) bond motifs is 1. The molecule has 11 heteroatoms. The summed E-state index contributed by atoms with van der Waals surface area (Å²) in [6.07, 6.45) is 0.0750. The molecule has 26 heavy (non-hydrogen) atoms. The summed E-state index contributed by atoms with van der Waals surface area (Å²) < 4.78 is 53.1. The van der Waals surface area contributed by atoms with E-state index in [2.05, 4.69) is 14.8 Å². The van der Waals surface area contributed by atoms with E-state index in [1.165, 1.54) is 43.4 Å². The van der Waals surface area contributed by atoms with Crippen LogP contribution in [0.2, 0.25) is 5.02 Å². The molecule has 1 heterocycles. The zero-order valence-electron chi connectivity index (χ0n) is 13.4. The molecular weight excluding hydrogens is 402 g/mol. The Bertz CT molecular complexity index is 1100. The summed E-state index contributed by atoms with van der Waals surface area (Å²) in [5.41, 5.74) is 1.20. The summed E-state index contributed by atoms with van der Waals surface area (Å²) in [5, 5.41) is 2.56. The van der Waals surface area contributed by atoms with Crippen LogP contribution in [0.3, 0.4) is 0 Å². The summed E-state index contributed by atoms with van der Waals surface area (Å²) in [6.45, 7) is 0. The van der Waals surface area contributed by atoms with Crippen LogP contribution in [0, 0.1) is 0 Å². The quantitative estimate of drug-likeness (QED) is 0.683. The molecule has 0 fully saturated rings. The van der Waals surface area contributed by atoms with Crippen LogP contribution in [0.15, 0.2) is 46.2 Å². The largest absolute Gasteiger partial charge is 0.325 e. The Balaban J connectivity index is 1.91. The lowest BCUT2D eigenvalue weighted by molar-refractivity contribution is -0.115. The molecule has 0 saturated heterocycles. The number of sulfonamides is 2. The van der Waals surface area contributed by atoms with Crippen molar-refractivity contribution < 1.29 is 21.6 Å². The molecule has 3 N–H and O–H groups in total. The molecule has 0 aromatic heterocycles. The minimum atomic E-state index is -4.02. The SMILES string of the molecule is CNS(=O)(=O)c1ccc(NS(=O)(=O)c2cc3c(cc2Cl)NC(=O)C3)cc1. The molecule has 0 bridgehead atoms. The molecule has 0 unspecified atom stereocenters. The maximum absolute atomic E-state index is 12.6. The van der Waals surface area contributed by atoms with Gasteiger partial charge in [-0.25, -0.2) is 21.6 Å². The second kappa shape index (κ2) is 6.54. The molecule has 0 saturated carbocycles. The van der Waals surface area contributed by atoms with Crippen LogP contribution in [0.1, 0.15) is 5.56 Å². The molecule has 1 aliphatic rings. The first-order chi connectivity index (χ1) is 12.1. The highest BCUT2D eigenvalue weighted by atomic mass is 35.5. The molecule has 0 aliphatic carbocycles. The molecule has 0 atom stereocenters. The number of rotatable bonds is 5. The van der Waals surface area contributed by atoms with E-state index < -0.39 is 20.0 Å². The maximum Gasteiger partial charge on any atom is 0.263 e. The lowest BCUT2D eigenvalue weighted by atomic mass is 10.2. The van der Waals surface area contributed by atoms with Crippen molar-refractivity contribution in [3.05, 3.63) is 47.0 Å². The van der Waals surface area contributed by atoms with Gasteiger partial charge in [0.25, 0.3) is 10.0 Å². The number of hydrogen-bond donors (Lipinski definition) is 3. The van der Waals surface area contributed by atoms with Crippen LogP contribution in [0.4, 0.5) is 11.4 Å². The Morgan fingerprint density at radius 3 is 2.31 bits per heavy atom. The number of nitrogens with one attached hydrogen (secondary N) is 3. The predicted octanol–water partition coefficient (Wildman–Crippen LogP) is 1.54. The number of carbonyl (C=O) groups is 1. The Labute approximate surface area is 155 Å². The van der Waals surface area contributed by atoms with Crippen molar-refractivity contribution in [1.29, 1.82) is 0 Å². The van der Waals surface area contributed by atoms with Gasteiger partial charge in [0.15, 0.2) is 0 Å². The second-order valence-corrected chi connectivity index (χ2v) is 9.45. The molecule has 1 aliphatic heterocycles. The third-order valence-electron chi connectivity index (χ3n) is 3.76. The molecule has 0 spiro atoms. The third kappa shape index (κ3) is 3.54. The molecule has 2 aromatic rings. The number of anilines is 2. The Kier molecular flexibility index (Phi) is 4.69. The van der Waals surface area contributed by atoms with E-state index in [-0.39, 0.29) is 32.8 Å². The highest BCUT2D eigenvalue weighted by Crippen LogP contribution is 2.33. The number of halogens is 1. The highest BCUT2D eigenvalue weighted by Gasteiger charge is 2.25. The fourth-order valence-corrected chi connectivity index (χ4v) is 4.83. The van der Waals surface area contributed by atoms with E-state index in [9.17, 15) is 21.6 Å². The van der Waals surface area contributed by atoms with Crippen LogP contribution in [-0.4, -0.2) is 29.8 Å². The molecular formula is C15H14ClN3O5S2. The van der Waals surface area contributed by atoms with Crippen LogP contribution >= 0.6 is 11.6 Å². The van der Waals surface area contributed by atoms with Gasteiger partial charge < -0.3 is 5.32 Å². The van der Waals surface area contributed by atoms with Crippen LogP contribution in [0.25, 0.3) is 0 Å². The van der Waals surface area contributed by atoms with Gasteiger partial charge in [0, 0.05) is 11.4 Å². The van der Waals surface area contributed by atoms with Crippen LogP contribution < -0.4 is 14.8 Å². The first-order valence-corrected chi connectivity index (χ1v) is 10.7. The maximum atomic E-state index is 12.6. The van der Waals surface area contributed by atoms with E-state index >= 15 is 0 Å². The highest BCUT2D eigenvalue weighted by molar-refractivity contribution is 7.92. The third-order valence-corrected chi connectivity index (χ3v) is 7.03. The minimum absolute atomic E-state index is 0.00287. The molecule has 8 nitrogen and oxygen atoms in total. The lowest BCUT2D eigenvalue weighted by Gasteiger charge is -2.11.